The highest BCUT2D eigenvalue weighted by Gasteiger charge is 2.31. The number of rotatable bonds is 3. The van der Waals surface area contributed by atoms with Crippen molar-refractivity contribution < 1.29 is 9.15 Å². The number of pyridine rings is 1. The van der Waals surface area contributed by atoms with Gasteiger partial charge in [0.2, 0.25) is 0 Å². The summed E-state index contributed by atoms with van der Waals surface area (Å²) in [6.45, 7) is 2.30. The van der Waals surface area contributed by atoms with Crippen LogP contribution in [-0.4, -0.2) is 4.98 Å². The van der Waals surface area contributed by atoms with Crippen LogP contribution in [0.4, 0.5) is 0 Å². The molecule has 0 atom stereocenters. The number of aromatic nitrogens is 2. The number of nitrogens with zero attached hydrogens (tertiary/aromatic N) is 2. The number of hydrogen-bond acceptors (Lipinski definition) is 3. The Morgan fingerprint density at radius 2 is 2.09 bits per heavy atom. The van der Waals surface area contributed by atoms with E-state index >= 15 is 0 Å². The standard InChI is InChI=1S/C18H21ClN2O2/c1-18(7-2-3-8-18)10-16-20-11-15(23-16)13-9-12-5-4-6-14(12)21(22)17(13)19/h9,11H,2-8,10H2,1H3. The van der Waals surface area contributed by atoms with Crippen molar-refractivity contribution in [2.45, 2.75) is 58.3 Å². The number of halogens is 1. The molecular weight excluding hydrogens is 312 g/mol. The Balaban J connectivity index is 1.66. The molecule has 0 radical (unpaired) electrons. The molecule has 2 aliphatic rings. The van der Waals surface area contributed by atoms with Gasteiger partial charge in [-0.3, -0.25) is 0 Å². The second-order valence-corrected chi connectivity index (χ2v) is 7.64. The maximum Gasteiger partial charge on any atom is 0.297 e. The molecule has 0 bridgehead atoms. The van der Waals surface area contributed by atoms with E-state index in [9.17, 15) is 5.21 Å². The normalized spacial score (nSPS) is 19.2. The summed E-state index contributed by atoms with van der Waals surface area (Å²) in [6.07, 6.45) is 10.3. The van der Waals surface area contributed by atoms with Gasteiger partial charge in [0.05, 0.1) is 6.20 Å². The average molecular weight is 333 g/mol. The molecule has 5 heteroatoms. The van der Waals surface area contributed by atoms with Gasteiger partial charge in [-0.1, -0.05) is 19.8 Å². The van der Waals surface area contributed by atoms with Crippen LogP contribution < -0.4 is 4.73 Å². The molecule has 0 N–H and O–H groups in total. The van der Waals surface area contributed by atoms with E-state index in [1.807, 2.05) is 6.07 Å². The van der Waals surface area contributed by atoms with Crippen LogP contribution in [0.5, 0.6) is 0 Å². The van der Waals surface area contributed by atoms with E-state index in [0.29, 0.717) is 16.7 Å². The highest BCUT2D eigenvalue weighted by Crippen LogP contribution is 2.41. The molecule has 4 rings (SSSR count). The molecule has 4 nitrogen and oxygen atoms in total. The summed E-state index contributed by atoms with van der Waals surface area (Å²) in [5.41, 5.74) is 2.84. The summed E-state index contributed by atoms with van der Waals surface area (Å²) in [7, 11) is 0. The number of fused-ring (bicyclic) bond motifs is 1. The molecule has 23 heavy (non-hydrogen) atoms. The van der Waals surface area contributed by atoms with Crippen molar-refractivity contribution >= 4 is 11.6 Å². The summed E-state index contributed by atoms with van der Waals surface area (Å²) in [5, 5.41) is 12.5. The van der Waals surface area contributed by atoms with Crippen LogP contribution in [0.2, 0.25) is 5.15 Å². The van der Waals surface area contributed by atoms with E-state index in [1.54, 1.807) is 6.20 Å². The zero-order chi connectivity index (χ0) is 16.0. The topological polar surface area (TPSA) is 53.0 Å². The van der Waals surface area contributed by atoms with Gasteiger partial charge in [0.25, 0.3) is 5.15 Å². The molecule has 2 aromatic heterocycles. The average Bonchev–Trinajstić information content (AvgIpc) is 3.24. The van der Waals surface area contributed by atoms with E-state index < -0.39 is 0 Å². The third-order valence-electron chi connectivity index (χ3n) is 5.40. The predicted molar refractivity (Wildman–Crippen MR) is 88.2 cm³/mol. The van der Waals surface area contributed by atoms with Crippen LogP contribution >= 0.6 is 11.6 Å². The Labute approximate surface area is 141 Å². The van der Waals surface area contributed by atoms with Crippen LogP contribution in [0.1, 0.15) is 56.2 Å². The van der Waals surface area contributed by atoms with Gasteiger partial charge in [0.15, 0.2) is 17.3 Å². The molecule has 2 aromatic rings. The van der Waals surface area contributed by atoms with Gasteiger partial charge in [-0.05, 0) is 48.8 Å². The molecule has 1 fully saturated rings. The van der Waals surface area contributed by atoms with Crippen molar-refractivity contribution in [3.8, 4) is 11.3 Å². The van der Waals surface area contributed by atoms with Crippen molar-refractivity contribution in [2.75, 3.05) is 0 Å². The Bertz CT molecular complexity index is 748. The fraction of sp³-hybridized carbons (Fsp3) is 0.556. The van der Waals surface area contributed by atoms with Crippen LogP contribution in [0.3, 0.4) is 0 Å². The summed E-state index contributed by atoms with van der Waals surface area (Å²) in [6, 6.07) is 2.00. The lowest BCUT2D eigenvalue weighted by molar-refractivity contribution is -0.610. The van der Waals surface area contributed by atoms with Crippen molar-refractivity contribution in [2.24, 2.45) is 5.41 Å². The molecule has 2 aliphatic carbocycles. The van der Waals surface area contributed by atoms with Gasteiger partial charge in [0, 0.05) is 18.4 Å². The molecule has 0 amide bonds. The fourth-order valence-electron chi connectivity index (χ4n) is 4.06. The maximum atomic E-state index is 12.3. The zero-order valence-corrected chi connectivity index (χ0v) is 14.2. The smallest absolute Gasteiger partial charge is 0.297 e. The number of oxazole rings is 1. The van der Waals surface area contributed by atoms with E-state index in [2.05, 4.69) is 11.9 Å². The monoisotopic (exact) mass is 332 g/mol. The van der Waals surface area contributed by atoms with Crippen LogP contribution in [0.25, 0.3) is 11.3 Å². The first-order valence-electron chi connectivity index (χ1n) is 8.45. The van der Waals surface area contributed by atoms with Gasteiger partial charge in [-0.2, -0.15) is 4.73 Å². The van der Waals surface area contributed by atoms with Crippen molar-refractivity contribution in [1.29, 1.82) is 0 Å². The predicted octanol–water partition coefficient (Wildman–Crippen LogP) is 4.24. The summed E-state index contributed by atoms with van der Waals surface area (Å²) in [5.74, 6) is 1.35. The number of hydrogen-bond donors (Lipinski definition) is 0. The van der Waals surface area contributed by atoms with E-state index in [1.165, 1.54) is 25.7 Å². The van der Waals surface area contributed by atoms with Crippen molar-refractivity contribution in [3.05, 3.63) is 39.8 Å². The Kier molecular flexibility index (Phi) is 3.60. The van der Waals surface area contributed by atoms with Crippen molar-refractivity contribution in [1.82, 2.24) is 4.98 Å². The maximum absolute atomic E-state index is 12.3. The molecule has 1 saturated carbocycles. The molecule has 0 aliphatic heterocycles. The lowest BCUT2D eigenvalue weighted by atomic mass is 9.85. The van der Waals surface area contributed by atoms with Gasteiger partial charge in [-0.15, -0.1) is 0 Å². The van der Waals surface area contributed by atoms with Gasteiger partial charge in [0.1, 0.15) is 5.56 Å². The first-order valence-corrected chi connectivity index (χ1v) is 8.82. The third kappa shape index (κ3) is 2.63. The quantitative estimate of drug-likeness (QED) is 0.480. The highest BCUT2D eigenvalue weighted by molar-refractivity contribution is 6.31. The van der Waals surface area contributed by atoms with Gasteiger partial charge < -0.3 is 9.62 Å². The Morgan fingerprint density at radius 1 is 1.30 bits per heavy atom. The van der Waals surface area contributed by atoms with E-state index in [-0.39, 0.29) is 5.15 Å². The van der Waals surface area contributed by atoms with Crippen LogP contribution in [0, 0.1) is 10.6 Å². The van der Waals surface area contributed by atoms with E-state index in [4.69, 9.17) is 16.0 Å². The Morgan fingerprint density at radius 3 is 2.87 bits per heavy atom. The van der Waals surface area contributed by atoms with Crippen molar-refractivity contribution in [3.63, 3.8) is 0 Å². The molecule has 122 valence electrons. The minimum atomic E-state index is 0.195. The fourth-order valence-corrected chi connectivity index (χ4v) is 4.31. The van der Waals surface area contributed by atoms with Gasteiger partial charge in [-0.25, -0.2) is 4.98 Å². The van der Waals surface area contributed by atoms with Crippen LogP contribution in [-0.2, 0) is 19.3 Å². The largest absolute Gasteiger partial charge is 0.617 e. The summed E-state index contributed by atoms with van der Waals surface area (Å²) in [4.78, 5) is 4.43. The molecule has 0 saturated heterocycles. The minimum absolute atomic E-state index is 0.195. The second-order valence-electron chi connectivity index (χ2n) is 7.28. The van der Waals surface area contributed by atoms with Gasteiger partial charge >= 0.3 is 0 Å². The SMILES string of the molecule is CC1(Cc2ncc(-c3cc4c([n+]([O-])c3Cl)CCC4)o2)CCCC1. The highest BCUT2D eigenvalue weighted by atomic mass is 35.5. The van der Waals surface area contributed by atoms with Crippen LogP contribution in [0.15, 0.2) is 16.7 Å². The third-order valence-corrected chi connectivity index (χ3v) is 5.76. The first-order chi connectivity index (χ1) is 11.1. The second kappa shape index (κ2) is 5.52. The molecule has 0 aromatic carbocycles. The lowest BCUT2D eigenvalue weighted by Crippen LogP contribution is -2.33. The molecular formula is C18H21ClN2O2. The zero-order valence-electron chi connectivity index (χ0n) is 13.4. The summed E-state index contributed by atoms with van der Waals surface area (Å²) >= 11 is 6.28. The summed E-state index contributed by atoms with van der Waals surface area (Å²) < 4.78 is 6.81. The first kappa shape index (κ1) is 15.0. The Hall–Kier alpha value is -1.55. The molecule has 0 spiro atoms. The molecule has 0 unspecified atom stereocenters. The van der Waals surface area contributed by atoms with E-state index in [0.717, 1.165) is 47.6 Å². The molecule has 2 heterocycles. The lowest BCUT2D eigenvalue weighted by Gasteiger charge is -2.20. The number of aryl methyl sites for hydroxylation is 1. The minimum Gasteiger partial charge on any atom is -0.617 e.